The number of hydrogen-bond donors (Lipinski definition) is 2. The summed E-state index contributed by atoms with van der Waals surface area (Å²) in [6.45, 7) is 5.19. The van der Waals surface area contributed by atoms with Crippen molar-refractivity contribution in [3.63, 3.8) is 0 Å². The molecule has 1 unspecified atom stereocenters. The van der Waals surface area contributed by atoms with Crippen LogP contribution in [-0.4, -0.2) is 28.8 Å². The summed E-state index contributed by atoms with van der Waals surface area (Å²) in [6, 6.07) is 6.81. The molecule has 8 heteroatoms. The lowest BCUT2D eigenvalue weighted by molar-refractivity contribution is -0.139. The molecular weight excluding hydrogens is 414 g/mol. The third-order valence-corrected chi connectivity index (χ3v) is 5.80. The minimum atomic E-state index is -1.09. The van der Waals surface area contributed by atoms with Gasteiger partial charge in [-0.3, -0.25) is 0 Å². The fourth-order valence-corrected chi connectivity index (χ4v) is 4.45. The molecule has 0 bridgehead atoms. The molecule has 0 aromatic carbocycles. The number of carbonyl (C=O) groups excluding carboxylic acids is 1. The minimum Gasteiger partial charge on any atom is -0.480 e. The molecule has 1 atom stereocenters. The van der Waals surface area contributed by atoms with Gasteiger partial charge in [-0.2, -0.15) is 0 Å². The molecule has 0 saturated carbocycles. The van der Waals surface area contributed by atoms with Gasteiger partial charge in [-0.05, 0) is 61.0 Å². The Morgan fingerprint density at radius 1 is 1.21 bits per heavy atom. The smallest absolute Gasteiger partial charge is 0.408 e. The van der Waals surface area contributed by atoms with Crippen LogP contribution in [0.1, 0.15) is 25.6 Å². The van der Waals surface area contributed by atoms with Crippen LogP contribution in [0.15, 0.2) is 28.1 Å². The first-order valence-electron chi connectivity index (χ1n) is 7.21. The molecule has 0 radical (unpaired) electrons. The van der Waals surface area contributed by atoms with Gasteiger partial charge in [-0.1, -0.05) is 0 Å². The van der Waals surface area contributed by atoms with E-state index in [1.54, 1.807) is 32.1 Å². The lowest BCUT2D eigenvalue weighted by atomic mass is 10.2. The number of nitrogens with one attached hydrogen (secondary N) is 1. The minimum absolute atomic E-state index is 0.214. The first-order chi connectivity index (χ1) is 11.1. The lowest BCUT2D eigenvalue weighted by Gasteiger charge is -2.21. The Morgan fingerprint density at radius 3 is 2.38 bits per heavy atom. The number of alkyl carbamates (subject to hydrolysis) is 1. The van der Waals surface area contributed by atoms with Crippen molar-refractivity contribution in [3.05, 3.63) is 32.9 Å². The number of carboxylic acids is 1. The molecule has 2 aromatic heterocycles. The number of thiophene rings is 2. The fraction of sp³-hybridized carbons (Fsp3) is 0.375. The van der Waals surface area contributed by atoms with Crippen molar-refractivity contribution in [2.24, 2.45) is 0 Å². The van der Waals surface area contributed by atoms with E-state index in [0.29, 0.717) is 0 Å². The third-order valence-electron chi connectivity index (χ3n) is 2.87. The Morgan fingerprint density at radius 2 is 1.83 bits per heavy atom. The molecule has 1 amide bonds. The Bertz CT molecular complexity index is 733. The zero-order valence-corrected chi connectivity index (χ0v) is 16.7. The van der Waals surface area contributed by atoms with Gasteiger partial charge in [0.15, 0.2) is 0 Å². The monoisotopic (exact) mass is 431 g/mol. The largest absolute Gasteiger partial charge is 0.480 e. The van der Waals surface area contributed by atoms with Gasteiger partial charge in [0.1, 0.15) is 11.6 Å². The van der Waals surface area contributed by atoms with Crippen LogP contribution in [0.25, 0.3) is 9.75 Å². The number of rotatable bonds is 5. The summed E-state index contributed by atoms with van der Waals surface area (Å²) in [7, 11) is 0. The molecule has 130 valence electrons. The van der Waals surface area contributed by atoms with Crippen molar-refractivity contribution in [1.29, 1.82) is 0 Å². The molecule has 0 fully saturated rings. The van der Waals surface area contributed by atoms with Gasteiger partial charge >= 0.3 is 12.1 Å². The van der Waals surface area contributed by atoms with Gasteiger partial charge in [0, 0.05) is 21.1 Å². The number of aliphatic carboxylic acids is 1. The van der Waals surface area contributed by atoms with E-state index < -0.39 is 23.7 Å². The maximum absolute atomic E-state index is 11.8. The summed E-state index contributed by atoms with van der Waals surface area (Å²) >= 11 is 6.57. The van der Waals surface area contributed by atoms with E-state index in [0.717, 1.165) is 18.4 Å². The highest BCUT2D eigenvalue weighted by Gasteiger charge is 2.24. The van der Waals surface area contributed by atoms with Crippen molar-refractivity contribution >= 4 is 50.7 Å². The summed E-state index contributed by atoms with van der Waals surface area (Å²) in [5.41, 5.74) is -0.671. The van der Waals surface area contributed by atoms with E-state index >= 15 is 0 Å². The zero-order valence-electron chi connectivity index (χ0n) is 13.5. The van der Waals surface area contributed by atoms with Crippen molar-refractivity contribution in [3.8, 4) is 9.75 Å². The van der Waals surface area contributed by atoms with Gasteiger partial charge in [-0.25, -0.2) is 9.59 Å². The van der Waals surface area contributed by atoms with Gasteiger partial charge in [-0.15, -0.1) is 22.7 Å². The number of ether oxygens (including phenoxy) is 1. The lowest BCUT2D eigenvalue weighted by Crippen LogP contribution is -2.44. The predicted octanol–water partition coefficient (Wildman–Crippen LogP) is 4.76. The molecule has 2 heterocycles. The summed E-state index contributed by atoms with van der Waals surface area (Å²) in [5, 5.41) is 11.8. The van der Waals surface area contributed by atoms with Gasteiger partial charge in [0.2, 0.25) is 0 Å². The molecule has 0 saturated heterocycles. The van der Waals surface area contributed by atoms with Crippen molar-refractivity contribution in [2.45, 2.75) is 38.8 Å². The Balaban J connectivity index is 2.04. The van der Waals surface area contributed by atoms with Crippen LogP contribution in [0.4, 0.5) is 4.79 Å². The fourth-order valence-electron chi connectivity index (χ4n) is 1.92. The van der Waals surface area contributed by atoms with E-state index in [4.69, 9.17) is 4.74 Å². The number of carbonyl (C=O) groups is 2. The molecule has 0 spiro atoms. The Labute approximate surface area is 156 Å². The van der Waals surface area contributed by atoms with Crippen LogP contribution in [0.2, 0.25) is 0 Å². The molecular formula is C16H18BrNO4S2. The van der Waals surface area contributed by atoms with E-state index in [9.17, 15) is 14.7 Å². The third kappa shape index (κ3) is 5.61. The second-order valence-corrected chi connectivity index (χ2v) is 9.74. The quantitative estimate of drug-likeness (QED) is 0.715. The second kappa shape index (κ2) is 7.67. The van der Waals surface area contributed by atoms with Gasteiger partial charge < -0.3 is 15.2 Å². The molecule has 0 aliphatic rings. The molecule has 0 aliphatic heterocycles. The highest BCUT2D eigenvalue weighted by atomic mass is 79.9. The van der Waals surface area contributed by atoms with E-state index in [1.165, 1.54) is 11.3 Å². The number of halogens is 1. The topological polar surface area (TPSA) is 75.6 Å². The number of carboxylic acid groups (broad SMARTS) is 1. The SMILES string of the molecule is CC(C)(C)OC(=O)NC(Cc1ccc(-c2ccc(Br)s2)s1)C(=O)O. The van der Waals surface area contributed by atoms with Crippen molar-refractivity contribution in [2.75, 3.05) is 0 Å². The molecule has 2 rings (SSSR count). The van der Waals surface area contributed by atoms with Crippen LogP contribution < -0.4 is 5.32 Å². The average molecular weight is 432 g/mol. The van der Waals surface area contributed by atoms with Crippen molar-refractivity contribution in [1.82, 2.24) is 5.32 Å². The van der Waals surface area contributed by atoms with Gasteiger partial charge in [0.05, 0.1) is 3.79 Å². The number of hydrogen-bond acceptors (Lipinski definition) is 5. The zero-order chi connectivity index (χ0) is 17.9. The first kappa shape index (κ1) is 19.0. The van der Waals surface area contributed by atoms with Crippen LogP contribution >= 0.6 is 38.6 Å². The van der Waals surface area contributed by atoms with E-state index in [-0.39, 0.29) is 6.42 Å². The summed E-state index contributed by atoms with van der Waals surface area (Å²) in [5.74, 6) is -1.09. The second-order valence-electron chi connectivity index (χ2n) is 6.11. The van der Waals surface area contributed by atoms with Crippen LogP contribution in [0.5, 0.6) is 0 Å². The normalized spacial score (nSPS) is 12.7. The molecule has 5 nitrogen and oxygen atoms in total. The molecule has 0 aliphatic carbocycles. The molecule has 2 N–H and O–H groups in total. The van der Waals surface area contributed by atoms with Crippen LogP contribution in [-0.2, 0) is 16.0 Å². The highest BCUT2D eigenvalue weighted by molar-refractivity contribution is 9.11. The highest BCUT2D eigenvalue weighted by Crippen LogP contribution is 2.35. The maximum Gasteiger partial charge on any atom is 0.408 e. The van der Waals surface area contributed by atoms with Crippen LogP contribution in [0.3, 0.4) is 0 Å². The summed E-state index contributed by atoms with van der Waals surface area (Å²) < 4.78 is 6.16. The van der Waals surface area contributed by atoms with Crippen molar-refractivity contribution < 1.29 is 19.4 Å². The molecule has 2 aromatic rings. The predicted molar refractivity (Wildman–Crippen MR) is 99.8 cm³/mol. The van der Waals surface area contributed by atoms with E-state index in [2.05, 4.69) is 21.2 Å². The standard InChI is InChI=1S/C16H18BrNO4S2/c1-16(2,3)22-15(21)18-10(14(19)20)8-9-4-5-11(23-9)12-6-7-13(17)24-12/h4-7,10H,8H2,1-3H3,(H,18,21)(H,19,20). The number of amides is 1. The van der Waals surface area contributed by atoms with E-state index in [1.807, 2.05) is 24.3 Å². The maximum atomic E-state index is 11.8. The summed E-state index contributed by atoms with van der Waals surface area (Å²) in [6.07, 6.45) is -0.514. The van der Waals surface area contributed by atoms with Crippen LogP contribution in [0, 0.1) is 0 Å². The summed E-state index contributed by atoms with van der Waals surface area (Å²) in [4.78, 5) is 26.3. The Hall–Kier alpha value is -1.38. The first-order valence-corrected chi connectivity index (χ1v) is 9.63. The average Bonchev–Trinajstić information content (AvgIpc) is 3.04. The van der Waals surface area contributed by atoms with Gasteiger partial charge in [0.25, 0.3) is 0 Å². The Kier molecular flexibility index (Phi) is 6.06. The molecule has 24 heavy (non-hydrogen) atoms.